The fourth-order valence-electron chi connectivity index (χ4n) is 5.45. The first-order valence-electron chi connectivity index (χ1n) is 22.4. The van der Waals surface area contributed by atoms with Gasteiger partial charge < -0.3 is 34.4 Å². The van der Waals surface area contributed by atoms with E-state index in [-0.39, 0.29) is 19.3 Å². The number of allylic oxidation sites excluding steroid dienone is 13. The molecule has 0 fully saturated rings. The van der Waals surface area contributed by atoms with Crippen LogP contribution in [0.25, 0.3) is 0 Å². The molecule has 5 N–H and O–H groups in total. The molecule has 0 heterocycles. The quantitative estimate of drug-likeness (QED) is 0.0127. The number of unbranched alkanes of at least 4 members (excludes halogenated alkanes) is 11. The minimum absolute atomic E-state index is 0.0130. The number of ether oxygens (including phenoxy) is 2. The molecule has 0 aliphatic carbocycles. The number of aliphatic hydroxyl groups excluding tert-OH is 2. The van der Waals surface area contributed by atoms with Crippen LogP contribution in [0.15, 0.2) is 85.1 Å². The van der Waals surface area contributed by atoms with Crippen LogP contribution in [0.1, 0.15) is 149 Å². The van der Waals surface area contributed by atoms with E-state index in [1.165, 1.54) is 44.6 Å². The maximum absolute atomic E-state index is 12.7. The van der Waals surface area contributed by atoms with E-state index in [0.717, 1.165) is 64.2 Å². The summed E-state index contributed by atoms with van der Waals surface area (Å²) in [7, 11) is -9.77. The van der Waals surface area contributed by atoms with Crippen molar-refractivity contribution in [3.63, 3.8) is 0 Å². The zero-order valence-corrected chi connectivity index (χ0v) is 39.1. The Labute approximate surface area is 371 Å². The third-order valence-electron chi connectivity index (χ3n) is 8.88. The van der Waals surface area contributed by atoms with Gasteiger partial charge in [0.1, 0.15) is 12.7 Å². The van der Waals surface area contributed by atoms with Gasteiger partial charge in [0, 0.05) is 12.8 Å². The summed E-state index contributed by atoms with van der Waals surface area (Å²) in [6, 6.07) is 0. The number of phosphoric ester groups is 2. The van der Waals surface area contributed by atoms with Crippen molar-refractivity contribution in [3.05, 3.63) is 85.1 Å². The molecule has 62 heavy (non-hydrogen) atoms. The lowest BCUT2D eigenvalue weighted by Crippen LogP contribution is -2.30. The first-order valence-corrected chi connectivity index (χ1v) is 25.4. The van der Waals surface area contributed by atoms with Crippen LogP contribution in [0, 0.1) is 0 Å². The molecular weight excluding hydrogens is 838 g/mol. The highest BCUT2D eigenvalue weighted by atomic mass is 31.2. The number of hydrogen-bond donors (Lipinski definition) is 5. The number of rotatable bonds is 41. The van der Waals surface area contributed by atoms with E-state index in [1.807, 2.05) is 12.2 Å². The van der Waals surface area contributed by atoms with Crippen LogP contribution >= 0.6 is 15.6 Å². The van der Waals surface area contributed by atoms with E-state index in [0.29, 0.717) is 12.8 Å². The van der Waals surface area contributed by atoms with Gasteiger partial charge in [0.05, 0.1) is 25.9 Å². The number of carbonyl (C=O) groups excluding carboxylic acids is 2. The zero-order valence-electron chi connectivity index (χ0n) is 37.3. The Morgan fingerprint density at radius 2 is 1.06 bits per heavy atom. The van der Waals surface area contributed by atoms with Crippen molar-refractivity contribution in [2.24, 2.45) is 0 Å². The van der Waals surface area contributed by atoms with Crippen LogP contribution in [0.4, 0.5) is 0 Å². The van der Waals surface area contributed by atoms with Gasteiger partial charge in [-0.1, -0.05) is 150 Å². The number of phosphoric acid groups is 2. The molecule has 0 radical (unpaired) electrons. The smallest absolute Gasteiger partial charge is 0.462 e. The van der Waals surface area contributed by atoms with Crippen molar-refractivity contribution in [1.29, 1.82) is 0 Å². The lowest BCUT2D eigenvalue weighted by Gasteiger charge is -2.20. The topological polar surface area (TPSA) is 216 Å². The molecule has 0 aromatic carbocycles. The predicted octanol–water partition coefficient (Wildman–Crippen LogP) is 10.5. The first kappa shape index (κ1) is 59.3. The summed E-state index contributed by atoms with van der Waals surface area (Å²) < 4.78 is 47.6. The van der Waals surface area contributed by atoms with E-state index >= 15 is 0 Å². The van der Waals surface area contributed by atoms with Crippen LogP contribution in [0.2, 0.25) is 0 Å². The third-order valence-corrected chi connectivity index (χ3v) is 10.3. The van der Waals surface area contributed by atoms with Crippen molar-refractivity contribution in [1.82, 2.24) is 0 Å². The summed E-state index contributed by atoms with van der Waals surface area (Å²) in [4.78, 5) is 52.7. The molecule has 356 valence electrons. The maximum atomic E-state index is 12.7. The Morgan fingerprint density at radius 3 is 1.65 bits per heavy atom. The summed E-state index contributed by atoms with van der Waals surface area (Å²) in [5.74, 6) is -1.33. The summed E-state index contributed by atoms with van der Waals surface area (Å²) in [5.41, 5.74) is 0. The average Bonchev–Trinajstić information content (AvgIpc) is 3.23. The van der Waals surface area contributed by atoms with Crippen LogP contribution in [0.3, 0.4) is 0 Å². The van der Waals surface area contributed by atoms with Crippen molar-refractivity contribution in [3.8, 4) is 0 Å². The van der Waals surface area contributed by atoms with Gasteiger partial charge in [0.15, 0.2) is 6.10 Å². The Balaban J connectivity index is 4.77. The maximum Gasteiger partial charge on any atom is 0.472 e. The molecule has 0 rings (SSSR count). The predicted molar refractivity (Wildman–Crippen MR) is 245 cm³/mol. The summed E-state index contributed by atoms with van der Waals surface area (Å²) in [6.45, 7) is 1.35. The van der Waals surface area contributed by atoms with Crippen LogP contribution in [-0.2, 0) is 41.8 Å². The highest BCUT2D eigenvalue weighted by Gasteiger charge is 2.28. The Morgan fingerprint density at radius 1 is 0.548 bits per heavy atom. The fourth-order valence-corrected chi connectivity index (χ4v) is 6.61. The molecule has 0 aromatic rings. The molecule has 4 atom stereocenters. The Bertz CT molecular complexity index is 1430. The summed E-state index contributed by atoms with van der Waals surface area (Å²) >= 11 is 0. The van der Waals surface area contributed by atoms with Crippen molar-refractivity contribution < 1.29 is 66.7 Å². The largest absolute Gasteiger partial charge is 0.472 e. The minimum Gasteiger partial charge on any atom is -0.462 e. The second-order valence-electron chi connectivity index (χ2n) is 14.8. The molecule has 0 saturated carbocycles. The average molecular weight is 917 g/mol. The minimum atomic E-state index is -4.89. The fraction of sp³-hybridized carbons (Fsp3) is 0.652. The van der Waals surface area contributed by atoms with Gasteiger partial charge in [-0.3, -0.25) is 23.2 Å². The molecule has 2 unspecified atom stereocenters. The zero-order chi connectivity index (χ0) is 46.0. The molecule has 14 nitrogen and oxygen atoms in total. The van der Waals surface area contributed by atoms with Gasteiger partial charge in [-0.2, -0.15) is 0 Å². The van der Waals surface area contributed by atoms with Gasteiger partial charge in [-0.05, 0) is 70.6 Å². The standard InChI is InChI=1S/C46H78O14P2/c1-3-5-7-9-11-13-15-17-19-21-22-24-26-28-30-32-34-42(47)36-37-46(50)60-44(41-59-62(54,55)58-39-43(48)38-57-61(51,52)53)40-56-45(49)35-33-31-29-27-25-23-20-18-16-14-12-10-8-6-4-2/h5,7,11,13,17-20,22,24,28,30,32,34,42-44,47-48H,3-4,6,8-10,12,14-16,21,23,25-27,29,31,33,35-41H2,1-2H3,(H,54,55)(H2,51,52,53)/b7-5-,13-11-,19-17-,20-18-,24-22-,30-28-,34-32-/t42?,43-,44+/m0/s1. The molecule has 0 amide bonds. The highest BCUT2D eigenvalue weighted by Crippen LogP contribution is 2.43. The van der Waals surface area contributed by atoms with E-state index in [9.17, 15) is 33.8 Å². The van der Waals surface area contributed by atoms with Crippen molar-refractivity contribution >= 4 is 27.6 Å². The van der Waals surface area contributed by atoms with Gasteiger partial charge in [-0.15, -0.1) is 0 Å². The van der Waals surface area contributed by atoms with E-state index in [2.05, 4.69) is 77.6 Å². The summed E-state index contributed by atoms with van der Waals surface area (Å²) in [6.07, 6.45) is 43.3. The lowest BCUT2D eigenvalue weighted by atomic mass is 10.1. The van der Waals surface area contributed by atoms with E-state index < -0.39 is 72.3 Å². The van der Waals surface area contributed by atoms with Crippen LogP contribution in [0.5, 0.6) is 0 Å². The van der Waals surface area contributed by atoms with Crippen LogP contribution in [-0.4, -0.2) is 81.6 Å². The van der Waals surface area contributed by atoms with Crippen LogP contribution < -0.4 is 0 Å². The number of hydrogen-bond acceptors (Lipinski definition) is 11. The van der Waals surface area contributed by atoms with Crippen molar-refractivity contribution in [2.45, 2.75) is 167 Å². The highest BCUT2D eigenvalue weighted by molar-refractivity contribution is 7.47. The third kappa shape index (κ3) is 43.9. The molecule has 0 aliphatic rings. The Kier molecular flexibility index (Phi) is 39.2. The van der Waals surface area contributed by atoms with Gasteiger partial charge >= 0.3 is 27.6 Å². The lowest BCUT2D eigenvalue weighted by molar-refractivity contribution is -0.161. The van der Waals surface area contributed by atoms with E-state index in [1.54, 1.807) is 12.2 Å². The van der Waals surface area contributed by atoms with E-state index in [4.69, 9.17) is 23.8 Å². The molecular formula is C46H78O14P2. The SMILES string of the molecule is CC/C=C\C/C=C\C/C=C\C/C=C\C/C=C\C=C/C(O)CCC(=O)O[C@H](COC(=O)CCCCCCC/C=C\CCCCCCCC)COP(=O)(O)OC[C@@H](O)COP(=O)(O)O. The molecule has 0 spiro atoms. The Hall–Kier alpha value is -2.74. The number of aliphatic hydroxyl groups is 2. The van der Waals surface area contributed by atoms with Gasteiger partial charge in [0.2, 0.25) is 0 Å². The van der Waals surface area contributed by atoms with Crippen molar-refractivity contribution in [2.75, 3.05) is 26.4 Å². The molecule has 0 saturated heterocycles. The second-order valence-corrected chi connectivity index (χ2v) is 17.5. The normalized spacial score (nSPS) is 15.3. The summed E-state index contributed by atoms with van der Waals surface area (Å²) in [5, 5.41) is 20.1. The molecule has 0 aromatic heterocycles. The molecule has 16 heteroatoms. The first-order chi connectivity index (χ1) is 29.8. The van der Waals surface area contributed by atoms with Gasteiger partial charge in [0.25, 0.3) is 0 Å². The second kappa shape index (κ2) is 41.0. The number of carbonyl (C=O) groups is 2. The monoisotopic (exact) mass is 916 g/mol. The van der Waals surface area contributed by atoms with Gasteiger partial charge in [-0.25, -0.2) is 9.13 Å². The number of esters is 2. The molecule has 0 bridgehead atoms. The molecule has 0 aliphatic heterocycles.